The molecule has 1 rings (SSSR count). The van der Waals surface area contributed by atoms with Crippen LogP contribution in [0.25, 0.3) is 0 Å². The number of nitrogens with zero attached hydrogens (tertiary/aromatic N) is 1. The molecule has 0 atom stereocenters. The van der Waals surface area contributed by atoms with Crippen LogP contribution in [0.5, 0.6) is 0 Å². The monoisotopic (exact) mass is 176 g/mol. The molecule has 0 fully saturated rings. The predicted molar refractivity (Wildman–Crippen MR) is 52.4 cm³/mol. The lowest BCUT2D eigenvalue weighted by Gasteiger charge is -1.96. The van der Waals surface area contributed by atoms with Gasteiger partial charge in [0.1, 0.15) is 0 Å². The Bertz CT molecular complexity index is 317. The maximum atomic E-state index is 10.7. The lowest BCUT2D eigenvalue weighted by atomic mass is 10.2. The van der Waals surface area contributed by atoms with Crippen molar-refractivity contribution in [1.29, 1.82) is 0 Å². The summed E-state index contributed by atoms with van der Waals surface area (Å²) in [5, 5.41) is 0. The maximum absolute atomic E-state index is 10.7. The molecule has 0 saturated carbocycles. The molecule has 1 aromatic rings. The van der Waals surface area contributed by atoms with Crippen LogP contribution in [-0.4, -0.2) is 11.6 Å². The van der Waals surface area contributed by atoms with E-state index in [1.54, 1.807) is 0 Å². The van der Waals surface area contributed by atoms with Gasteiger partial charge in [-0.15, -0.1) is 0 Å². The first-order chi connectivity index (χ1) is 6.20. The average Bonchev–Trinajstić information content (AvgIpc) is 2.15. The van der Waals surface area contributed by atoms with Crippen molar-refractivity contribution in [3.63, 3.8) is 0 Å². The molecule has 0 amide bonds. The number of aliphatic imine (C=N–C) groups is 1. The van der Waals surface area contributed by atoms with Gasteiger partial charge in [0, 0.05) is 6.92 Å². The van der Waals surface area contributed by atoms with Gasteiger partial charge in [-0.1, -0.05) is 30.3 Å². The number of carbonyl (C=O) groups excluding carboxylic acids is 1. The molecule has 68 valence electrons. The van der Waals surface area contributed by atoms with Crippen molar-refractivity contribution in [1.82, 2.24) is 0 Å². The molecule has 0 aliphatic heterocycles. The lowest BCUT2D eigenvalue weighted by Crippen LogP contribution is -2.20. The van der Waals surface area contributed by atoms with Gasteiger partial charge in [-0.25, -0.2) is 0 Å². The van der Waals surface area contributed by atoms with Gasteiger partial charge in [-0.3, -0.25) is 9.79 Å². The highest BCUT2D eigenvalue weighted by molar-refractivity contribution is 6.37. The summed E-state index contributed by atoms with van der Waals surface area (Å²) in [6.07, 6.45) is 0. The number of ketones is 1. The third kappa shape index (κ3) is 3.07. The highest BCUT2D eigenvalue weighted by atomic mass is 16.1. The molecule has 0 spiro atoms. The number of carbonyl (C=O) groups is 1. The minimum absolute atomic E-state index is 0.0869. The minimum Gasteiger partial charge on any atom is -0.381 e. The van der Waals surface area contributed by atoms with Gasteiger partial charge >= 0.3 is 0 Å². The summed E-state index contributed by atoms with van der Waals surface area (Å²) in [4.78, 5) is 14.6. The van der Waals surface area contributed by atoms with Crippen molar-refractivity contribution in [2.45, 2.75) is 13.5 Å². The molecule has 0 unspecified atom stereocenters. The molecular weight excluding hydrogens is 164 g/mol. The van der Waals surface area contributed by atoms with Crippen molar-refractivity contribution < 1.29 is 4.79 Å². The molecule has 0 heterocycles. The van der Waals surface area contributed by atoms with Crippen LogP contribution in [0.15, 0.2) is 35.3 Å². The van der Waals surface area contributed by atoms with Crippen LogP contribution in [0.1, 0.15) is 12.5 Å². The summed E-state index contributed by atoms with van der Waals surface area (Å²) >= 11 is 0. The Morgan fingerprint density at radius 3 is 2.54 bits per heavy atom. The van der Waals surface area contributed by atoms with Gasteiger partial charge in [-0.05, 0) is 5.56 Å². The van der Waals surface area contributed by atoms with E-state index in [0.29, 0.717) is 6.54 Å². The van der Waals surface area contributed by atoms with E-state index in [1.807, 2.05) is 30.3 Å². The predicted octanol–water partition coefficient (Wildman–Crippen LogP) is 1.13. The van der Waals surface area contributed by atoms with Crippen molar-refractivity contribution in [2.24, 2.45) is 10.7 Å². The number of Topliss-reactive ketones (excluding diaryl/α,β-unsaturated/α-hetero) is 1. The Kier molecular flexibility index (Phi) is 3.20. The van der Waals surface area contributed by atoms with Gasteiger partial charge in [0.05, 0.1) is 6.54 Å². The van der Waals surface area contributed by atoms with Gasteiger partial charge in [0.25, 0.3) is 0 Å². The first-order valence-corrected chi connectivity index (χ1v) is 4.05. The number of rotatable bonds is 3. The summed E-state index contributed by atoms with van der Waals surface area (Å²) in [5.74, 6) is -0.0974. The second-order valence-electron chi connectivity index (χ2n) is 2.74. The molecule has 1 aromatic carbocycles. The van der Waals surface area contributed by atoms with Gasteiger partial charge in [0.2, 0.25) is 0 Å². The summed E-state index contributed by atoms with van der Waals surface area (Å²) in [6.45, 7) is 1.87. The van der Waals surface area contributed by atoms with Crippen LogP contribution in [-0.2, 0) is 11.3 Å². The van der Waals surface area contributed by atoms with Crippen LogP contribution in [0.3, 0.4) is 0 Å². The smallest absolute Gasteiger partial charge is 0.194 e. The van der Waals surface area contributed by atoms with E-state index in [2.05, 4.69) is 4.99 Å². The van der Waals surface area contributed by atoms with Crippen molar-refractivity contribution in [2.75, 3.05) is 0 Å². The molecule has 0 aliphatic rings. The molecule has 0 aliphatic carbocycles. The summed E-state index contributed by atoms with van der Waals surface area (Å²) in [5.41, 5.74) is 6.41. The standard InChI is InChI=1S/C10H12N2O/c1-8(13)10(11)12-7-9-5-3-2-4-6-9/h2-6H,7H2,1H3,(H2,11,12). The fraction of sp³-hybridized carbons (Fsp3) is 0.200. The van der Waals surface area contributed by atoms with Gasteiger partial charge in [-0.2, -0.15) is 0 Å². The summed E-state index contributed by atoms with van der Waals surface area (Å²) in [7, 11) is 0. The SMILES string of the molecule is CC(=O)C(N)=NCc1ccccc1. The number of hydrogen-bond acceptors (Lipinski definition) is 2. The van der Waals surface area contributed by atoms with Gasteiger partial charge < -0.3 is 5.73 Å². The normalized spacial score (nSPS) is 11.3. The van der Waals surface area contributed by atoms with Crippen molar-refractivity contribution in [3.8, 4) is 0 Å². The van der Waals surface area contributed by atoms with Crippen LogP contribution in [0, 0.1) is 0 Å². The largest absolute Gasteiger partial charge is 0.381 e. The fourth-order valence-electron chi connectivity index (χ4n) is 0.871. The maximum Gasteiger partial charge on any atom is 0.194 e. The summed E-state index contributed by atoms with van der Waals surface area (Å²) < 4.78 is 0. The van der Waals surface area contributed by atoms with E-state index in [0.717, 1.165) is 5.56 Å². The van der Waals surface area contributed by atoms with Crippen molar-refractivity contribution in [3.05, 3.63) is 35.9 Å². The Hall–Kier alpha value is -1.64. The van der Waals surface area contributed by atoms with Crippen LogP contribution < -0.4 is 5.73 Å². The van der Waals surface area contributed by atoms with E-state index in [1.165, 1.54) is 6.92 Å². The Balaban J connectivity index is 2.62. The highest BCUT2D eigenvalue weighted by Gasteiger charge is 1.97. The molecule has 0 radical (unpaired) electrons. The lowest BCUT2D eigenvalue weighted by molar-refractivity contribution is -0.111. The first-order valence-electron chi connectivity index (χ1n) is 4.05. The van der Waals surface area contributed by atoms with E-state index < -0.39 is 0 Å². The highest BCUT2D eigenvalue weighted by Crippen LogP contribution is 1.99. The fourth-order valence-corrected chi connectivity index (χ4v) is 0.871. The van der Waals surface area contributed by atoms with Crippen LogP contribution >= 0.6 is 0 Å². The first kappa shape index (κ1) is 9.45. The van der Waals surface area contributed by atoms with Crippen LogP contribution in [0.4, 0.5) is 0 Å². The molecule has 2 N–H and O–H groups in total. The molecule has 3 nitrogen and oxygen atoms in total. The third-order valence-electron chi connectivity index (χ3n) is 1.64. The Morgan fingerprint density at radius 2 is 2.00 bits per heavy atom. The number of hydrogen-bond donors (Lipinski definition) is 1. The molecule has 13 heavy (non-hydrogen) atoms. The van der Waals surface area contributed by atoms with Crippen LogP contribution in [0.2, 0.25) is 0 Å². The number of nitrogens with two attached hydrogens (primary N) is 1. The molecule has 0 saturated heterocycles. The molecule has 0 aromatic heterocycles. The quantitative estimate of drug-likeness (QED) is 0.554. The Labute approximate surface area is 77.3 Å². The summed E-state index contributed by atoms with van der Waals surface area (Å²) in [6, 6.07) is 9.67. The average molecular weight is 176 g/mol. The molecule has 0 bridgehead atoms. The third-order valence-corrected chi connectivity index (χ3v) is 1.64. The van der Waals surface area contributed by atoms with Gasteiger partial charge in [0.15, 0.2) is 11.6 Å². The minimum atomic E-state index is -0.184. The zero-order valence-corrected chi connectivity index (χ0v) is 7.53. The topological polar surface area (TPSA) is 55.5 Å². The molecular formula is C10H12N2O. The second kappa shape index (κ2) is 4.40. The molecule has 3 heteroatoms. The van der Waals surface area contributed by atoms with E-state index in [9.17, 15) is 4.79 Å². The Morgan fingerprint density at radius 1 is 1.38 bits per heavy atom. The van der Waals surface area contributed by atoms with Crippen molar-refractivity contribution >= 4 is 11.6 Å². The zero-order valence-electron chi connectivity index (χ0n) is 7.53. The number of amidine groups is 1. The second-order valence-corrected chi connectivity index (χ2v) is 2.74. The van der Waals surface area contributed by atoms with E-state index in [-0.39, 0.29) is 11.6 Å². The van der Waals surface area contributed by atoms with E-state index >= 15 is 0 Å². The number of benzene rings is 1. The zero-order chi connectivity index (χ0) is 9.68. The van der Waals surface area contributed by atoms with E-state index in [4.69, 9.17) is 5.73 Å².